The largest absolute Gasteiger partial charge is 0.497 e. The molecule has 3 N–H and O–H groups in total. The van der Waals surface area contributed by atoms with E-state index in [9.17, 15) is 13.2 Å². The summed E-state index contributed by atoms with van der Waals surface area (Å²) in [6.07, 6.45) is -0.508. The van der Waals surface area contributed by atoms with Crippen LogP contribution in [0, 0.1) is 0 Å². The highest BCUT2D eigenvalue weighted by Crippen LogP contribution is 2.27. The fourth-order valence-corrected chi connectivity index (χ4v) is 4.72. The second-order valence-corrected chi connectivity index (χ2v) is 9.54. The van der Waals surface area contributed by atoms with Crippen molar-refractivity contribution in [3.05, 3.63) is 96.1 Å². The SMILES string of the molecule is COc1ccc(S(=O)(=O)NC(Cc2ccccc2)C(F)(F)C(=O)[C@@H](N)Cc2ccccc2)cc1. The average molecular weight is 489 g/mol. The number of benzene rings is 3. The van der Waals surface area contributed by atoms with Crippen molar-refractivity contribution >= 4 is 15.8 Å². The van der Waals surface area contributed by atoms with Gasteiger partial charge in [-0.15, -0.1) is 0 Å². The van der Waals surface area contributed by atoms with Crippen molar-refractivity contribution in [1.82, 2.24) is 4.72 Å². The molecule has 34 heavy (non-hydrogen) atoms. The standard InChI is InChI=1S/C25H26F2N2O4S/c1-33-20-12-14-21(15-13-20)34(31,32)29-23(17-19-10-6-3-7-11-19)25(26,27)24(30)22(28)16-18-8-4-2-5-9-18/h2-15,22-23,29H,16-17,28H2,1H3/t22-,23?/m0/s1. The van der Waals surface area contributed by atoms with Crippen molar-refractivity contribution in [2.24, 2.45) is 5.73 Å². The molecule has 0 saturated carbocycles. The van der Waals surface area contributed by atoms with Crippen molar-refractivity contribution < 1.29 is 26.7 Å². The van der Waals surface area contributed by atoms with Crippen LogP contribution in [0.3, 0.4) is 0 Å². The molecule has 0 saturated heterocycles. The molecule has 3 rings (SSSR count). The first-order valence-corrected chi connectivity index (χ1v) is 12.0. The first-order valence-electron chi connectivity index (χ1n) is 10.6. The number of nitrogens with one attached hydrogen (secondary N) is 1. The molecule has 1 unspecified atom stereocenters. The minimum Gasteiger partial charge on any atom is -0.497 e. The van der Waals surface area contributed by atoms with Crippen molar-refractivity contribution in [2.75, 3.05) is 7.11 Å². The molecule has 180 valence electrons. The number of hydrogen-bond acceptors (Lipinski definition) is 5. The number of rotatable bonds is 11. The molecule has 3 aromatic carbocycles. The number of nitrogens with two attached hydrogens (primary N) is 1. The molecule has 0 spiro atoms. The molecule has 0 radical (unpaired) electrons. The van der Waals surface area contributed by atoms with Crippen LogP contribution in [0.25, 0.3) is 0 Å². The highest BCUT2D eigenvalue weighted by Gasteiger charge is 2.50. The van der Waals surface area contributed by atoms with Crippen LogP contribution in [0.1, 0.15) is 11.1 Å². The topological polar surface area (TPSA) is 98.5 Å². The van der Waals surface area contributed by atoms with Gasteiger partial charge in [0.2, 0.25) is 15.8 Å². The maximum atomic E-state index is 15.5. The number of ketones is 1. The minimum absolute atomic E-state index is 0.0987. The lowest BCUT2D eigenvalue weighted by Gasteiger charge is -2.28. The van der Waals surface area contributed by atoms with Crippen LogP contribution < -0.4 is 15.2 Å². The second kappa shape index (κ2) is 10.9. The van der Waals surface area contributed by atoms with Crippen molar-refractivity contribution in [3.63, 3.8) is 0 Å². The molecule has 0 aliphatic rings. The summed E-state index contributed by atoms with van der Waals surface area (Å²) in [5.41, 5.74) is 6.91. The van der Waals surface area contributed by atoms with E-state index in [1.807, 2.05) is 4.72 Å². The highest BCUT2D eigenvalue weighted by atomic mass is 32.2. The van der Waals surface area contributed by atoms with Crippen LogP contribution in [-0.4, -0.2) is 39.3 Å². The van der Waals surface area contributed by atoms with E-state index in [-0.39, 0.29) is 11.3 Å². The number of carbonyl (C=O) groups is 1. The van der Waals surface area contributed by atoms with Crippen LogP contribution in [0.4, 0.5) is 8.78 Å². The lowest BCUT2D eigenvalue weighted by molar-refractivity contribution is -0.148. The Morgan fingerprint density at radius 2 is 1.41 bits per heavy atom. The molecule has 6 nitrogen and oxygen atoms in total. The van der Waals surface area contributed by atoms with Gasteiger partial charge in [0.25, 0.3) is 0 Å². The molecular formula is C25H26F2N2O4S. The average Bonchev–Trinajstić information content (AvgIpc) is 2.84. The molecule has 0 fully saturated rings. The molecule has 0 aromatic heterocycles. The van der Waals surface area contributed by atoms with E-state index in [1.54, 1.807) is 60.7 Å². The van der Waals surface area contributed by atoms with Gasteiger partial charge in [-0.05, 0) is 48.2 Å². The molecule has 9 heteroatoms. The smallest absolute Gasteiger partial charge is 0.323 e. The van der Waals surface area contributed by atoms with E-state index < -0.39 is 40.2 Å². The predicted molar refractivity (Wildman–Crippen MR) is 125 cm³/mol. The molecule has 0 bridgehead atoms. The van der Waals surface area contributed by atoms with E-state index >= 15 is 8.78 Å². The monoisotopic (exact) mass is 488 g/mol. The van der Waals surface area contributed by atoms with Gasteiger partial charge in [0.05, 0.1) is 24.1 Å². The zero-order valence-electron chi connectivity index (χ0n) is 18.5. The number of carbonyl (C=O) groups excluding carboxylic acids is 1. The maximum Gasteiger partial charge on any atom is 0.323 e. The van der Waals surface area contributed by atoms with E-state index in [2.05, 4.69) is 0 Å². The number of alkyl halides is 2. The molecule has 3 aromatic rings. The summed E-state index contributed by atoms with van der Waals surface area (Å²) < 4.78 is 63.9. The van der Waals surface area contributed by atoms with E-state index in [0.29, 0.717) is 16.9 Å². The van der Waals surface area contributed by atoms with Crippen LogP contribution >= 0.6 is 0 Å². The number of sulfonamides is 1. The first kappa shape index (κ1) is 25.5. The first-order chi connectivity index (χ1) is 16.1. The van der Waals surface area contributed by atoms with Crippen LogP contribution in [0.5, 0.6) is 5.75 Å². The zero-order valence-corrected chi connectivity index (χ0v) is 19.3. The quantitative estimate of drug-likeness (QED) is 0.431. The number of halogens is 2. The fraction of sp³-hybridized carbons (Fsp3) is 0.240. The Kier molecular flexibility index (Phi) is 8.14. The summed E-state index contributed by atoms with van der Waals surface area (Å²) in [6.45, 7) is 0. The lowest BCUT2D eigenvalue weighted by Crippen LogP contribution is -2.57. The van der Waals surface area contributed by atoms with Gasteiger partial charge in [0, 0.05) is 0 Å². The van der Waals surface area contributed by atoms with E-state index in [1.165, 1.54) is 31.4 Å². The Labute approximate surface area is 197 Å². The third-order valence-corrected chi connectivity index (χ3v) is 6.84. The van der Waals surface area contributed by atoms with Crippen LogP contribution in [0.15, 0.2) is 89.8 Å². The summed E-state index contributed by atoms with van der Waals surface area (Å²) in [7, 11) is -2.97. The van der Waals surface area contributed by atoms with Crippen molar-refractivity contribution in [2.45, 2.75) is 35.7 Å². The zero-order chi connectivity index (χ0) is 24.8. The van der Waals surface area contributed by atoms with E-state index in [4.69, 9.17) is 10.5 Å². The summed E-state index contributed by atoms with van der Waals surface area (Å²) in [5.74, 6) is -5.19. The Morgan fingerprint density at radius 3 is 1.91 bits per heavy atom. The van der Waals surface area contributed by atoms with Crippen molar-refractivity contribution in [1.29, 1.82) is 0 Å². The number of ether oxygens (including phenoxy) is 1. The molecule has 0 heterocycles. The van der Waals surface area contributed by atoms with Crippen LogP contribution in [0.2, 0.25) is 0 Å². The van der Waals surface area contributed by atoms with Gasteiger partial charge in [0.15, 0.2) is 0 Å². The Hall–Kier alpha value is -3.14. The minimum atomic E-state index is -4.38. The third-order valence-electron chi connectivity index (χ3n) is 5.35. The summed E-state index contributed by atoms with van der Waals surface area (Å²) in [6, 6.07) is 18.4. The summed E-state index contributed by atoms with van der Waals surface area (Å²) in [5, 5.41) is 0. The molecule has 0 amide bonds. The summed E-state index contributed by atoms with van der Waals surface area (Å²) in [4.78, 5) is 12.5. The Balaban J connectivity index is 1.89. The van der Waals surface area contributed by atoms with Gasteiger partial charge in [-0.25, -0.2) is 13.1 Å². The van der Waals surface area contributed by atoms with E-state index in [0.717, 1.165) is 0 Å². The Morgan fingerprint density at radius 1 is 0.912 bits per heavy atom. The fourth-order valence-electron chi connectivity index (χ4n) is 3.48. The molecule has 0 aliphatic carbocycles. The third kappa shape index (κ3) is 6.25. The number of Topliss-reactive ketones (excluding diaryl/α,β-unsaturated/α-hetero) is 1. The normalized spacial score (nSPS) is 13.8. The van der Waals surface area contributed by atoms with Gasteiger partial charge >= 0.3 is 5.92 Å². The van der Waals surface area contributed by atoms with Gasteiger partial charge in [-0.3, -0.25) is 4.79 Å². The van der Waals surface area contributed by atoms with Gasteiger partial charge in [-0.2, -0.15) is 8.78 Å². The Bertz CT molecular complexity index is 1190. The van der Waals surface area contributed by atoms with Crippen molar-refractivity contribution in [3.8, 4) is 5.75 Å². The van der Waals surface area contributed by atoms with Crippen LogP contribution in [-0.2, 0) is 27.7 Å². The van der Waals surface area contributed by atoms with Gasteiger partial charge < -0.3 is 10.5 Å². The maximum absolute atomic E-state index is 15.5. The van der Waals surface area contributed by atoms with Gasteiger partial charge in [0.1, 0.15) is 5.75 Å². The molecule has 2 atom stereocenters. The highest BCUT2D eigenvalue weighted by molar-refractivity contribution is 7.89. The van der Waals surface area contributed by atoms with Gasteiger partial charge in [-0.1, -0.05) is 60.7 Å². The lowest BCUT2D eigenvalue weighted by atomic mass is 9.92. The number of methoxy groups -OCH3 is 1. The molecule has 0 aliphatic heterocycles. The number of hydrogen-bond donors (Lipinski definition) is 2. The predicted octanol–water partition coefficient (Wildman–Crippen LogP) is 3.36. The summed E-state index contributed by atoms with van der Waals surface area (Å²) >= 11 is 0. The second-order valence-electron chi connectivity index (χ2n) is 7.82. The molecular weight excluding hydrogens is 462 g/mol.